The molecular formula is C28H35N3O6. The largest absolute Gasteiger partial charge is 0.478 e. The summed E-state index contributed by atoms with van der Waals surface area (Å²) in [5.74, 6) is -3.38. The Morgan fingerprint density at radius 2 is 1.51 bits per heavy atom. The second kappa shape index (κ2) is 12.5. The Hall–Kier alpha value is -3.72. The highest BCUT2D eigenvalue weighted by Gasteiger charge is 2.29. The highest BCUT2D eigenvalue weighted by Crippen LogP contribution is 2.28. The molecule has 3 rings (SSSR count). The number of hydrogen-bond donors (Lipinski definition) is 4. The maximum atomic E-state index is 13.6. The van der Waals surface area contributed by atoms with Crippen molar-refractivity contribution in [2.75, 3.05) is 31.5 Å². The van der Waals surface area contributed by atoms with Gasteiger partial charge in [0, 0.05) is 43.7 Å². The zero-order valence-electron chi connectivity index (χ0n) is 21.5. The Morgan fingerprint density at radius 1 is 0.919 bits per heavy atom. The van der Waals surface area contributed by atoms with Gasteiger partial charge in [-0.2, -0.15) is 0 Å². The van der Waals surface area contributed by atoms with Crippen molar-refractivity contribution in [1.82, 2.24) is 10.2 Å². The second-order valence-electron chi connectivity index (χ2n) is 9.87. The molecule has 1 heterocycles. The van der Waals surface area contributed by atoms with E-state index in [4.69, 9.17) is 0 Å². The van der Waals surface area contributed by atoms with Crippen molar-refractivity contribution >= 4 is 29.4 Å². The maximum absolute atomic E-state index is 13.6. The lowest BCUT2D eigenvalue weighted by Gasteiger charge is -2.31. The van der Waals surface area contributed by atoms with Crippen LogP contribution in [-0.2, 0) is 16.0 Å². The van der Waals surface area contributed by atoms with Crippen molar-refractivity contribution in [1.29, 1.82) is 0 Å². The van der Waals surface area contributed by atoms with E-state index in [9.17, 15) is 29.4 Å². The molecule has 2 aromatic rings. The SMILES string of the molecule is CC(CC(Cc1ccc(C(=O)O)cc1)C(=O)Nc1cc(C(=O)O)ccc1C(C)C)C(=O)N1CCNCC1. The minimum Gasteiger partial charge on any atom is -0.478 e. The lowest BCUT2D eigenvalue weighted by Crippen LogP contribution is -2.48. The molecule has 9 nitrogen and oxygen atoms in total. The van der Waals surface area contributed by atoms with Gasteiger partial charge in [0.05, 0.1) is 11.1 Å². The first kappa shape index (κ1) is 27.9. The van der Waals surface area contributed by atoms with Gasteiger partial charge in [-0.05, 0) is 54.2 Å². The molecule has 0 aliphatic carbocycles. The van der Waals surface area contributed by atoms with Crippen LogP contribution in [0.5, 0.6) is 0 Å². The Morgan fingerprint density at radius 3 is 2.08 bits per heavy atom. The van der Waals surface area contributed by atoms with Crippen LogP contribution in [0.1, 0.15) is 65.0 Å². The van der Waals surface area contributed by atoms with E-state index < -0.39 is 23.8 Å². The number of aromatic carboxylic acids is 2. The van der Waals surface area contributed by atoms with Crippen LogP contribution in [0, 0.1) is 11.8 Å². The van der Waals surface area contributed by atoms with E-state index in [1.54, 1.807) is 18.2 Å². The number of carbonyl (C=O) groups is 4. The van der Waals surface area contributed by atoms with Gasteiger partial charge in [0.25, 0.3) is 0 Å². The molecule has 1 aliphatic rings. The van der Waals surface area contributed by atoms with Crippen LogP contribution in [0.15, 0.2) is 42.5 Å². The minimum atomic E-state index is -1.09. The first-order valence-corrected chi connectivity index (χ1v) is 12.6. The van der Waals surface area contributed by atoms with Gasteiger partial charge in [0.1, 0.15) is 0 Å². The fourth-order valence-electron chi connectivity index (χ4n) is 4.61. The molecule has 4 N–H and O–H groups in total. The van der Waals surface area contributed by atoms with E-state index in [2.05, 4.69) is 10.6 Å². The molecular weight excluding hydrogens is 474 g/mol. The van der Waals surface area contributed by atoms with Gasteiger partial charge in [-0.15, -0.1) is 0 Å². The molecule has 0 spiro atoms. The highest BCUT2D eigenvalue weighted by atomic mass is 16.4. The number of carboxylic acid groups (broad SMARTS) is 2. The zero-order chi connectivity index (χ0) is 27.1. The summed E-state index contributed by atoms with van der Waals surface area (Å²) in [6, 6.07) is 11.0. The lowest BCUT2D eigenvalue weighted by molar-refractivity contribution is -0.136. The predicted molar refractivity (Wildman–Crippen MR) is 140 cm³/mol. The Labute approximate surface area is 216 Å². The van der Waals surface area contributed by atoms with E-state index in [0.717, 1.165) is 24.2 Å². The molecule has 2 unspecified atom stereocenters. The molecule has 0 radical (unpaired) electrons. The van der Waals surface area contributed by atoms with Gasteiger partial charge in [0.15, 0.2) is 0 Å². The van der Waals surface area contributed by atoms with E-state index in [0.29, 0.717) is 31.6 Å². The van der Waals surface area contributed by atoms with Gasteiger partial charge in [-0.25, -0.2) is 9.59 Å². The summed E-state index contributed by atoms with van der Waals surface area (Å²) in [6.45, 7) is 8.45. The molecule has 2 aromatic carbocycles. The number of benzene rings is 2. The summed E-state index contributed by atoms with van der Waals surface area (Å²) in [5.41, 5.74) is 2.25. The Kier molecular flexibility index (Phi) is 9.41. The van der Waals surface area contributed by atoms with Gasteiger partial charge in [0.2, 0.25) is 11.8 Å². The summed E-state index contributed by atoms with van der Waals surface area (Å²) in [5, 5.41) is 24.8. The average Bonchev–Trinajstić information content (AvgIpc) is 2.88. The number of nitrogens with one attached hydrogen (secondary N) is 2. The standard InChI is InChI=1S/C28H35N3O6/c1-17(2)23-9-8-21(28(36)37)16-24(23)30-25(32)22(15-19-4-6-20(7-5-19)27(34)35)14-18(3)26(33)31-12-10-29-11-13-31/h4-9,16-18,22,29H,10-15H2,1-3H3,(H,30,32)(H,34,35)(H,36,37). The molecule has 1 saturated heterocycles. The molecule has 9 heteroatoms. The van der Waals surface area contributed by atoms with Crippen molar-refractivity contribution < 1.29 is 29.4 Å². The first-order valence-electron chi connectivity index (χ1n) is 12.6. The van der Waals surface area contributed by atoms with Crippen LogP contribution in [-0.4, -0.2) is 65.0 Å². The monoisotopic (exact) mass is 509 g/mol. The molecule has 2 atom stereocenters. The summed E-state index contributed by atoms with van der Waals surface area (Å²) >= 11 is 0. The van der Waals surface area contributed by atoms with Gasteiger partial charge < -0.3 is 25.7 Å². The first-order chi connectivity index (χ1) is 17.6. The van der Waals surface area contributed by atoms with E-state index in [1.807, 2.05) is 25.7 Å². The molecule has 0 saturated carbocycles. The Bertz CT molecular complexity index is 1140. The number of carboxylic acids is 2. The number of anilines is 1. The van der Waals surface area contributed by atoms with Gasteiger partial charge in [-0.1, -0.05) is 39.0 Å². The fraction of sp³-hybridized carbons (Fsp3) is 0.429. The van der Waals surface area contributed by atoms with Gasteiger partial charge >= 0.3 is 11.9 Å². The summed E-state index contributed by atoms with van der Waals surface area (Å²) in [6.07, 6.45) is 0.603. The number of carbonyl (C=O) groups excluding carboxylic acids is 2. The van der Waals surface area contributed by atoms with E-state index in [1.165, 1.54) is 24.3 Å². The van der Waals surface area contributed by atoms with Crippen LogP contribution in [0.4, 0.5) is 5.69 Å². The Balaban J connectivity index is 1.86. The smallest absolute Gasteiger partial charge is 0.335 e. The maximum Gasteiger partial charge on any atom is 0.335 e. The van der Waals surface area contributed by atoms with Gasteiger partial charge in [-0.3, -0.25) is 9.59 Å². The topological polar surface area (TPSA) is 136 Å². The molecule has 0 bridgehead atoms. The van der Waals surface area contributed by atoms with Crippen molar-refractivity contribution in [2.45, 2.75) is 39.5 Å². The number of rotatable bonds is 10. The van der Waals surface area contributed by atoms with Crippen LogP contribution in [0.3, 0.4) is 0 Å². The summed E-state index contributed by atoms with van der Waals surface area (Å²) in [7, 11) is 0. The van der Waals surface area contributed by atoms with Crippen molar-refractivity contribution in [3.05, 3.63) is 64.7 Å². The molecule has 37 heavy (non-hydrogen) atoms. The normalized spacial score (nSPS) is 15.2. The average molecular weight is 510 g/mol. The zero-order valence-corrected chi connectivity index (χ0v) is 21.5. The quantitative estimate of drug-likeness (QED) is 0.385. The third-order valence-electron chi connectivity index (χ3n) is 6.72. The van der Waals surface area contributed by atoms with Crippen LogP contribution in [0.25, 0.3) is 0 Å². The molecule has 2 amide bonds. The highest BCUT2D eigenvalue weighted by molar-refractivity contribution is 5.96. The molecule has 0 aromatic heterocycles. The number of nitrogens with zero attached hydrogens (tertiary/aromatic N) is 1. The predicted octanol–water partition coefficient (Wildman–Crippen LogP) is 3.46. The second-order valence-corrected chi connectivity index (χ2v) is 9.87. The van der Waals surface area contributed by atoms with E-state index >= 15 is 0 Å². The third kappa shape index (κ3) is 7.39. The lowest BCUT2D eigenvalue weighted by atomic mass is 9.88. The number of hydrogen-bond acceptors (Lipinski definition) is 5. The number of amides is 2. The van der Waals surface area contributed by atoms with Crippen LogP contribution < -0.4 is 10.6 Å². The minimum absolute atomic E-state index is 0.00345. The van der Waals surface area contributed by atoms with E-state index in [-0.39, 0.29) is 28.9 Å². The molecule has 1 fully saturated rings. The molecule has 198 valence electrons. The molecule has 1 aliphatic heterocycles. The van der Waals surface area contributed by atoms with Crippen LogP contribution in [0.2, 0.25) is 0 Å². The van der Waals surface area contributed by atoms with Crippen molar-refractivity contribution in [3.63, 3.8) is 0 Å². The summed E-state index contributed by atoms with van der Waals surface area (Å²) < 4.78 is 0. The summed E-state index contributed by atoms with van der Waals surface area (Å²) in [4.78, 5) is 51.3. The fourth-order valence-corrected chi connectivity index (χ4v) is 4.61. The van der Waals surface area contributed by atoms with Crippen molar-refractivity contribution in [2.24, 2.45) is 11.8 Å². The van der Waals surface area contributed by atoms with Crippen LogP contribution >= 0.6 is 0 Å². The van der Waals surface area contributed by atoms with Crippen molar-refractivity contribution in [3.8, 4) is 0 Å². The third-order valence-corrected chi connectivity index (χ3v) is 6.72. The number of piperazine rings is 1.